The van der Waals surface area contributed by atoms with Crippen LogP contribution in [-0.4, -0.2) is 50.5 Å². The molecule has 1 unspecified atom stereocenters. The molecule has 0 aliphatic carbocycles. The van der Waals surface area contributed by atoms with Crippen molar-refractivity contribution in [1.82, 2.24) is 15.1 Å². The summed E-state index contributed by atoms with van der Waals surface area (Å²) in [4.78, 5) is 8.63. The predicted octanol–water partition coefficient (Wildman–Crippen LogP) is 3.97. The second-order valence-corrected chi connectivity index (χ2v) is 6.82. The molecule has 0 radical (unpaired) electrons. The largest absolute Gasteiger partial charge is 0.468 e. The lowest BCUT2D eigenvalue weighted by Crippen LogP contribution is -2.42. The van der Waals surface area contributed by atoms with Crippen molar-refractivity contribution in [2.75, 3.05) is 34.7 Å². The summed E-state index contributed by atoms with van der Waals surface area (Å²) in [6.07, 6.45) is 1.71. The second-order valence-electron chi connectivity index (χ2n) is 5.91. The maximum Gasteiger partial charge on any atom is 0.193 e. The quantitative estimate of drug-likeness (QED) is 0.355. The molecule has 2 rings (SSSR count). The number of rotatable bonds is 6. The molecule has 138 valence electrons. The van der Waals surface area contributed by atoms with E-state index in [-0.39, 0.29) is 30.0 Å². The van der Waals surface area contributed by atoms with Gasteiger partial charge >= 0.3 is 0 Å². The zero-order chi connectivity index (χ0) is 17.5. The van der Waals surface area contributed by atoms with Gasteiger partial charge in [0.15, 0.2) is 5.96 Å². The molecule has 0 fully saturated rings. The zero-order valence-electron chi connectivity index (χ0n) is 15.1. The Bertz CT molecular complexity index is 644. The molecular formula is C18H26BrIN4O. The molecule has 0 aliphatic heterocycles. The average Bonchev–Trinajstić information content (AvgIpc) is 3.07. The van der Waals surface area contributed by atoms with Gasteiger partial charge < -0.3 is 14.6 Å². The monoisotopic (exact) mass is 520 g/mol. The highest BCUT2D eigenvalue weighted by Gasteiger charge is 2.18. The van der Waals surface area contributed by atoms with Gasteiger partial charge in [-0.1, -0.05) is 28.1 Å². The van der Waals surface area contributed by atoms with Crippen molar-refractivity contribution in [2.45, 2.75) is 12.6 Å². The molecule has 7 heteroatoms. The van der Waals surface area contributed by atoms with Crippen LogP contribution in [0.3, 0.4) is 0 Å². The number of guanidine groups is 1. The predicted molar refractivity (Wildman–Crippen MR) is 118 cm³/mol. The summed E-state index contributed by atoms with van der Waals surface area (Å²) in [6.45, 7) is 1.51. The van der Waals surface area contributed by atoms with Crippen LogP contribution in [0, 0.1) is 0 Å². The van der Waals surface area contributed by atoms with Crippen molar-refractivity contribution in [1.29, 1.82) is 0 Å². The third kappa shape index (κ3) is 6.63. The van der Waals surface area contributed by atoms with Crippen LogP contribution in [0.4, 0.5) is 0 Å². The second kappa shape index (κ2) is 10.8. The number of likely N-dealkylation sites (N-methyl/N-ethyl adjacent to an activating group) is 1. The Morgan fingerprint density at radius 3 is 2.40 bits per heavy atom. The number of aliphatic imine (C=N–C) groups is 1. The lowest BCUT2D eigenvalue weighted by Gasteiger charge is -2.27. The van der Waals surface area contributed by atoms with Gasteiger partial charge in [0.1, 0.15) is 5.76 Å². The molecule has 0 spiro atoms. The molecule has 5 nitrogen and oxygen atoms in total. The van der Waals surface area contributed by atoms with Gasteiger partial charge in [-0.05, 0) is 43.9 Å². The summed E-state index contributed by atoms with van der Waals surface area (Å²) in [5.74, 6) is 1.80. The molecule has 0 saturated carbocycles. The first kappa shape index (κ1) is 22.0. The zero-order valence-corrected chi connectivity index (χ0v) is 19.0. The summed E-state index contributed by atoms with van der Waals surface area (Å²) in [5, 5.41) is 3.44. The van der Waals surface area contributed by atoms with Crippen LogP contribution in [0.2, 0.25) is 0 Å². The van der Waals surface area contributed by atoms with Crippen molar-refractivity contribution in [2.24, 2.45) is 4.99 Å². The highest BCUT2D eigenvalue weighted by Crippen LogP contribution is 2.17. The van der Waals surface area contributed by atoms with Crippen molar-refractivity contribution in [3.63, 3.8) is 0 Å². The van der Waals surface area contributed by atoms with Crippen LogP contribution in [0.25, 0.3) is 0 Å². The number of furan rings is 1. The Labute approximate surface area is 175 Å². The summed E-state index contributed by atoms with van der Waals surface area (Å²) in [5.41, 5.74) is 1.24. The van der Waals surface area contributed by atoms with Gasteiger partial charge in [0, 0.05) is 31.7 Å². The Kier molecular flexibility index (Phi) is 9.52. The first-order valence-electron chi connectivity index (χ1n) is 7.87. The maximum atomic E-state index is 5.55. The van der Waals surface area contributed by atoms with E-state index in [2.05, 4.69) is 60.3 Å². The number of nitrogens with one attached hydrogen (secondary N) is 1. The standard InChI is InChI=1S/C18H25BrN4O.HI/c1-20-18(23(4)13-14-7-9-15(19)10-8-14)21-12-16(22(2)3)17-6-5-11-24-17;/h5-11,16H,12-13H2,1-4H3,(H,20,21);1H. The first-order chi connectivity index (χ1) is 11.5. The van der Waals surface area contributed by atoms with E-state index in [1.165, 1.54) is 5.56 Å². The third-order valence-corrected chi connectivity index (χ3v) is 4.38. The van der Waals surface area contributed by atoms with Crippen LogP contribution in [-0.2, 0) is 6.54 Å². The summed E-state index contributed by atoms with van der Waals surface area (Å²) in [6, 6.07) is 12.4. The van der Waals surface area contributed by atoms with E-state index in [9.17, 15) is 0 Å². The van der Waals surface area contributed by atoms with Gasteiger partial charge in [-0.15, -0.1) is 24.0 Å². The average molecular weight is 521 g/mol. The highest BCUT2D eigenvalue weighted by molar-refractivity contribution is 14.0. The number of nitrogens with zero attached hydrogens (tertiary/aromatic N) is 3. The lowest BCUT2D eigenvalue weighted by atomic mass is 10.2. The summed E-state index contributed by atoms with van der Waals surface area (Å²) < 4.78 is 6.64. The minimum Gasteiger partial charge on any atom is -0.468 e. The number of hydrogen-bond acceptors (Lipinski definition) is 3. The summed E-state index contributed by atoms with van der Waals surface area (Å²) in [7, 11) is 7.93. The van der Waals surface area contributed by atoms with Crippen LogP contribution in [0.5, 0.6) is 0 Å². The normalized spacial score (nSPS) is 12.6. The number of halogens is 2. The minimum absolute atomic E-state index is 0. The van der Waals surface area contributed by atoms with Gasteiger partial charge in [0.2, 0.25) is 0 Å². The fourth-order valence-corrected chi connectivity index (χ4v) is 2.79. The van der Waals surface area contributed by atoms with E-state index in [0.29, 0.717) is 0 Å². The molecule has 1 aromatic carbocycles. The number of hydrogen-bond donors (Lipinski definition) is 1. The van der Waals surface area contributed by atoms with Gasteiger partial charge in [-0.2, -0.15) is 0 Å². The topological polar surface area (TPSA) is 44.0 Å². The summed E-state index contributed by atoms with van der Waals surface area (Å²) >= 11 is 3.46. The van der Waals surface area contributed by atoms with Crippen LogP contribution < -0.4 is 5.32 Å². The van der Waals surface area contributed by atoms with Gasteiger partial charge in [-0.25, -0.2) is 0 Å². The smallest absolute Gasteiger partial charge is 0.193 e. The van der Waals surface area contributed by atoms with Crippen LogP contribution >= 0.6 is 39.9 Å². The molecule has 1 aromatic heterocycles. The van der Waals surface area contributed by atoms with Crippen molar-refractivity contribution in [3.8, 4) is 0 Å². The van der Waals surface area contributed by atoms with Gasteiger partial charge in [-0.3, -0.25) is 9.89 Å². The lowest BCUT2D eigenvalue weighted by molar-refractivity contribution is 0.256. The Hall–Kier alpha value is -1.06. The molecule has 0 saturated heterocycles. The first-order valence-corrected chi connectivity index (χ1v) is 8.66. The van der Waals surface area contributed by atoms with Crippen molar-refractivity contribution >= 4 is 45.9 Å². The van der Waals surface area contributed by atoms with Gasteiger partial charge in [0.25, 0.3) is 0 Å². The van der Waals surface area contributed by atoms with Crippen molar-refractivity contribution < 1.29 is 4.42 Å². The van der Waals surface area contributed by atoms with E-state index < -0.39 is 0 Å². The van der Waals surface area contributed by atoms with E-state index in [0.717, 1.165) is 29.3 Å². The highest BCUT2D eigenvalue weighted by atomic mass is 127. The molecular weight excluding hydrogens is 495 g/mol. The molecule has 0 aliphatic rings. The van der Waals surface area contributed by atoms with Crippen molar-refractivity contribution in [3.05, 3.63) is 58.5 Å². The molecule has 1 atom stereocenters. The third-order valence-electron chi connectivity index (χ3n) is 3.85. The fraction of sp³-hybridized carbons (Fsp3) is 0.389. The molecule has 0 amide bonds. The molecule has 0 bridgehead atoms. The van der Waals surface area contributed by atoms with Crippen LogP contribution in [0.15, 0.2) is 56.5 Å². The molecule has 1 N–H and O–H groups in total. The molecule has 2 aromatic rings. The van der Waals surface area contributed by atoms with Gasteiger partial charge in [0.05, 0.1) is 12.3 Å². The Morgan fingerprint density at radius 2 is 1.88 bits per heavy atom. The molecule has 25 heavy (non-hydrogen) atoms. The SMILES string of the molecule is CN=C(NCC(c1ccco1)N(C)C)N(C)Cc1ccc(Br)cc1.I. The minimum atomic E-state index is 0. The fourth-order valence-electron chi connectivity index (χ4n) is 2.53. The van der Waals surface area contributed by atoms with E-state index in [1.54, 1.807) is 13.3 Å². The number of benzene rings is 1. The Morgan fingerprint density at radius 1 is 1.20 bits per heavy atom. The van der Waals surface area contributed by atoms with E-state index in [1.807, 2.05) is 33.3 Å². The van der Waals surface area contributed by atoms with Crippen LogP contribution in [0.1, 0.15) is 17.4 Å². The Balaban J connectivity index is 0.00000312. The van der Waals surface area contributed by atoms with E-state index >= 15 is 0 Å². The molecule has 1 heterocycles. The maximum absolute atomic E-state index is 5.55. The van der Waals surface area contributed by atoms with E-state index in [4.69, 9.17) is 4.42 Å².